The molecule has 0 atom stereocenters. The van der Waals surface area contributed by atoms with Crippen molar-refractivity contribution in [2.75, 3.05) is 17.7 Å². The summed E-state index contributed by atoms with van der Waals surface area (Å²) in [4.78, 5) is 10.7. The quantitative estimate of drug-likeness (QED) is 0.892. The van der Waals surface area contributed by atoms with Gasteiger partial charge in [-0.1, -0.05) is 20.8 Å². The Morgan fingerprint density at radius 1 is 1.14 bits per heavy atom. The zero-order valence-electron chi connectivity index (χ0n) is 13.7. The largest absolute Gasteiger partial charge is 0.373 e. The maximum Gasteiger partial charge on any atom is 0.138 e. The number of aryl methyl sites for hydroxylation is 1. The van der Waals surface area contributed by atoms with Crippen LogP contribution in [0.1, 0.15) is 42.6 Å². The molecule has 114 valence electrons. The Balaban J connectivity index is 2.31. The van der Waals surface area contributed by atoms with Crippen molar-refractivity contribution in [3.63, 3.8) is 0 Å². The summed E-state index contributed by atoms with van der Waals surface area (Å²) in [6.07, 6.45) is 0. The second-order valence-corrected chi connectivity index (χ2v) is 7.25. The Labute approximate surface area is 131 Å². The van der Waals surface area contributed by atoms with Crippen LogP contribution in [0.25, 0.3) is 0 Å². The minimum atomic E-state index is -0.0748. The Hall–Kier alpha value is -1.62. The van der Waals surface area contributed by atoms with Gasteiger partial charge in [0, 0.05) is 22.9 Å². The maximum absolute atomic E-state index is 4.72. The summed E-state index contributed by atoms with van der Waals surface area (Å²) in [5, 5.41) is 8.75. The van der Waals surface area contributed by atoms with E-state index in [1.165, 1.54) is 10.4 Å². The monoisotopic (exact) mass is 304 g/mol. The summed E-state index contributed by atoms with van der Waals surface area (Å²) < 4.78 is 0. The van der Waals surface area contributed by atoms with Crippen LogP contribution in [0.4, 0.5) is 11.6 Å². The van der Waals surface area contributed by atoms with Gasteiger partial charge < -0.3 is 10.6 Å². The Bertz CT molecular complexity index is 626. The van der Waals surface area contributed by atoms with Gasteiger partial charge in [0.1, 0.15) is 17.5 Å². The van der Waals surface area contributed by atoms with Gasteiger partial charge in [-0.15, -0.1) is 11.3 Å². The number of hydrogen-bond acceptors (Lipinski definition) is 5. The smallest absolute Gasteiger partial charge is 0.138 e. The van der Waals surface area contributed by atoms with Crippen LogP contribution in [0.5, 0.6) is 0 Å². The molecule has 0 saturated carbocycles. The van der Waals surface area contributed by atoms with Crippen LogP contribution < -0.4 is 10.6 Å². The van der Waals surface area contributed by atoms with E-state index in [4.69, 9.17) is 4.98 Å². The third-order valence-corrected chi connectivity index (χ3v) is 4.46. The molecule has 0 saturated heterocycles. The minimum absolute atomic E-state index is 0.0748. The maximum atomic E-state index is 4.72. The van der Waals surface area contributed by atoms with Crippen LogP contribution in [-0.2, 0) is 12.0 Å². The first-order valence-corrected chi connectivity index (χ1v) is 8.04. The molecule has 2 rings (SSSR count). The van der Waals surface area contributed by atoms with Crippen molar-refractivity contribution in [2.24, 2.45) is 0 Å². The highest BCUT2D eigenvalue weighted by Gasteiger charge is 2.20. The van der Waals surface area contributed by atoms with Crippen LogP contribution in [-0.4, -0.2) is 17.0 Å². The molecule has 0 radical (unpaired) electrons. The van der Waals surface area contributed by atoms with Crippen LogP contribution in [0, 0.1) is 13.8 Å². The molecule has 0 amide bonds. The van der Waals surface area contributed by atoms with Crippen molar-refractivity contribution in [3.05, 3.63) is 33.3 Å². The van der Waals surface area contributed by atoms with Crippen molar-refractivity contribution >= 4 is 23.0 Å². The van der Waals surface area contributed by atoms with Crippen molar-refractivity contribution in [1.29, 1.82) is 0 Å². The third-order valence-electron chi connectivity index (χ3n) is 3.44. The fourth-order valence-electron chi connectivity index (χ4n) is 2.02. The number of rotatable bonds is 4. The summed E-state index contributed by atoms with van der Waals surface area (Å²) in [5.41, 5.74) is 2.30. The summed E-state index contributed by atoms with van der Waals surface area (Å²) >= 11 is 1.77. The summed E-state index contributed by atoms with van der Waals surface area (Å²) in [5.74, 6) is 2.65. The van der Waals surface area contributed by atoms with E-state index in [2.05, 4.69) is 54.8 Å². The molecule has 0 unspecified atom stereocenters. The van der Waals surface area contributed by atoms with Crippen molar-refractivity contribution in [1.82, 2.24) is 9.97 Å². The Kier molecular flexibility index (Phi) is 4.52. The predicted octanol–water partition coefficient (Wildman–Crippen LogP) is 4.11. The molecule has 2 heterocycles. The molecule has 0 spiro atoms. The lowest BCUT2D eigenvalue weighted by atomic mass is 9.95. The number of nitrogens with one attached hydrogen (secondary N) is 2. The normalized spacial score (nSPS) is 11.5. The highest BCUT2D eigenvalue weighted by molar-refractivity contribution is 7.10. The first-order valence-electron chi connectivity index (χ1n) is 7.16. The SMILES string of the molecule is CNc1nc(C(C)(C)C)nc(NCc2sccc2C)c1C. The van der Waals surface area contributed by atoms with Crippen LogP contribution >= 0.6 is 11.3 Å². The Morgan fingerprint density at radius 2 is 1.81 bits per heavy atom. The molecular formula is C16H24N4S. The Morgan fingerprint density at radius 3 is 2.33 bits per heavy atom. The summed E-state index contributed by atoms with van der Waals surface area (Å²) in [6.45, 7) is 11.4. The summed E-state index contributed by atoms with van der Waals surface area (Å²) in [6, 6.07) is 2.15. The minimum Gasteiger partial charge on any atom is -0.373 e. The molecule has 0 aliphatic carbocycles. The number of hydrogen-bond donors (Lipinski definition) is 2. The van der Waals surface area contributed by atoms with E-state index in [1.807, 2.05) is 14.0 Å². The lowest BCUT2D eigenvalue weighted by Gasteiger charge is -2.20. The molecule has 21 heavy (non-hydrogen) atoms. The van der Waals surface area contributed by atoms with Crippen LogP contribution in [0.15, 0.2) is 11.4 Å². The molecule has 2 aromatic heterocycles. The highest BCUT2D eigenvalue weighted by atomic mass is 32.1. The zero-order valence-corrected chi connectivity index (χ0v) is 14.5. The summed E-state index contributed by atoms with van der Waals surface area (Å²) in [7, 11) is 1.90. The van der Waals surface area contributed by atoms with Gasteiger partial charge >= 0.3 is 0 Å². The molecule has 0 fully saturated rings. The first kappa shape index (κ1) is 15.8. The van der Waals surface area contributed by atoms with Crippen molar-refractivity contribution in [2.45, 2.75) is 46.6 Å². The molecule has 2 aromatic rings. The van der Waals surface area contributed by atoms with E-state index in [1.54, 1.807) is 11.3 Å². The van der Waals surface area contributed by atoms with Gasteiger partial charge in [-0.2, -0.15) is 0 Å². The topological polar surface area (TPSA) is 49.8 Å². The molecular weight excluding hydrogens is 280 g/mol. The van der Waals surface area contributed by atoms with Gasteiger partial charge in [-0.05, 0) is 30.9 Å². The van der Waals surface area contributed by atoms with Gasteiger partial charge in [-0.25, -0.2) is 9.97 Å². The average Bonchev–Trinajstić information content (AvgIpc) is 2.82. The fourth-order valence-corrected chi connectivity index (χ4v) is 2.86. The molecule has 4 nitrogen and oxygen atoms in total. The van der Waals surface area contributed by atoms with Crippen LogP contribution in [0.2, 0.25) is 0 Å². The second kappa shape index (κ2) is 6.02. The van der Waals surface area contributed by atoms with Gasteiger partial charge in [0.15, 0.2) is 0 Å². The number of thiophene rings is 1. The lowest BCUT2D eigenvalue weighted by molar-refractivity contribution is 0.546. The standard InChI is InChI=1S/C16H24N4S/c1-10-7-8-21-12(10)9-18-14-11(2)13(17-6)19-15(20-14)16(3,4)5/h7-8H,9H2,1-6H3,(H2,17,18,19,20). The molecule has 0 aromatic carbocycles. The van der Waals surface area contributed by atoms with Crippen molar-refractivity contribution in [3.8, 4) is 0 Å². The van der Waals surface area contributed by atoms with Gasteiger partial charge in [0.25, 0.3) is 0 Å². The highest BCUT2D eigenvalue weighted by Crippen LogP contribution is 2.27. The first-order chi connectivity index (χ1) is 9.82. The van der Waals surface area contributed by atoms with Gasteiger partial charge in [0.05, 0.1) is 6.54 Å². The number of aromatic nitrogens is 2. The second-order valence-electron chi connectivity index (χ2n) is 6.25. The number of anilines is 2. The van der Waals surface area contributed by atoms with Gasteiger partial charge in [0.2, 0.25) is 0 Å². The van der Waals surface area contributed by atoms with E-state index in [0.29, 0.717) is 0 Å². The lowest BCUT2D eigenvalue weighted by Crippen LogP contribution is -2.19. The van der Waals surface area contributed by atoms with E-state index in [0.717, 1.165) is 29.6 Å². The number of nitrogens with zero attached hydrogens (tertiary/aromatic N) is 2. The molecule has 5 heteroatoms. The van der Waals surface area contributed by atoms with E-state index in [-0.39, 0.29) is 5.41 Å². The average molecular weight is 304 g/mol. The predicted molar refractivity (Wildman–Crippen MR) is 91.4 cm³/mol. The van der Waals surface area contributed by atoms with E-state index < -0.39 is 0 Å². The zero-order chi connectivity index (χ0) is 15.6. The molecule has 0 aliphatic rings. The molecule has 0 bridgehead atoms. The van der Waals surface area contributed by atoms with Crippen molar-refractivity contribution < 1.29 is 0 Å². The van der Waals surface area contributed by atoms with E-state index >= 15 is 0 Å². The third kappa shape index (κ3) is 3.53. The molecule has 0 aliphatic heterocycles. The fraction of sp³-hybridized carbons (Fsp3) is 0.500. The van der Waals surface area contributed by atoms with Gasteiger partial charge in [-0.3, -0.25) is 0 Å². The van der Waals surface area contributed by atoms with E-state index in [9.17, 15) is 0 Å². The molecule has 2 N–H and O–H groups in total. The van der Waals surface area contributed by atoms with Crippen LogP contribution in [0.3, 0.4) is 0 Å².